The fourth-order valence-corrected chi connectivity index (χ4v) is 2.37. The van der Waals surface area contributed by atoms with Crippen LogP contribution in [0.3, 0.4) is 0 Å². The first-order valence-corrected chi connectivity index (χ1v) is 6.87. The minimum absolute atomic E-state index is 0.0304. The number of nitro groups is 1. The highest BCUT2D eigenvalue weighted by atomic mass is 32.2. The minimum atomic E-state index is -0.948. The number of hydrogen-bond donors (Lipinski definition) is 1. The second-order valence-corrected chi connectivity index (χ2v) is 5.28. The third-order valence-electron chi connectivity index (χ3n) is 2.58. The molecule has 1 aromatic carbocycles. The van der Waals surface area contributed by atoms with Crippen LogP contribution in [0.1, 0.15) is 5.56 Å². The molecule has 0 fully saturated rings. The summed E-state index contributed by atoms with van der Waals surface area (Å²) in [6.45, 7) is 1.75. The summed E-state index contributed by atoms with van der Waals surface area (Å²) in [4.78, 5) is 25.2. The standard InChI is InChI=1S/C12H12N4O4S/c1-7-3-8(5-9(4-7)16(19)20)11-13-12(15(2)14-11)21-6-10(17)18/h3-5H,6H2,1-2H3,(H,17,18). The summed E-state index contributed by atoms with van der Waals surface area (Å²) in [5, 5.41) is 24.2. The van der Waals surface area contributed by atoms with Crippen LogP contribution >= 0.6 is 11.8 Å². The molecule has 0 bridgehead atoms. The number of thioether (sulfide) groups is 1. The molecule has 9 heteroatoms. The minimum Gasteiger partial charge on any atom is -0.481 e. The van der Waals surface area contributed by atoms with Gasteiger partial charge in [-0.1, -0.05) is 11.8 Å². The van der Waals surface area contributed by atoms with Gasteiger partial charge in [0.25, 0.3) is 5.69 Å². The monoisotopic (exact) mass is 308 g/mol. The maximum absolute atomic E-state index is 10.9. The summed E-state index contributed by atoms with van der Waals surface area (Å²) in [7, 11) is 1.64. The lowest BCUT2D eigenvalue weighted by Gasteiger charge is -1.98. The predicted molar refractivity (Wildman–Crippen MR) is 76.2 cm³/mol. The zero-order valence-electron chi connectivity index (χ0n) is 11.3. The number of nitrogens with zero attached hydrogens (tertiary/aromatic N) is 4. The van der Waals surface area contributed by atoms with Crippen LogP contribution in [0.2, 0.25) is 0 Å². The average molecular weight is 308 g/mol. The van der Waals surface area contributed by atoms with Crippen molar-refractivity contribution in [2.75, 3.05) is 5.75 Å². The number of non-ortho nitro benzene ring substituents is 1. The topological polar surface area (TPSA) is 111 Å². The van der Waals surface area contributed by atoms with Gasteiger partial charge in [0.05, 0.1) is 10.7 Å². The lowest BCUT2D eigenvalue weighted by molar-refractivity contribution is -0.384. The van der Waals surface area contributed by atoms with Gasteiger partial charge in [-0.05, 0) is 18.6 Å². The van der Waals surface area contributed by atoms with Crippen LogP contribution in [-0.2, 0) is 11.8 Å². The Bertz CT molecular complexity index is 713. The number of rotatable bonds is 5. The van der Waals surface area contributed by atoms with E-state index in [1.165, 1.54) is 16.8 Å². The highest BCUT2D eigenvalue weighted by molar-refractivity contribution is 7.99. The zero-order valence-corrected chi connectivity index (χ0v) is 12.1. The lowest BCUT2D eigenvalue weighted by Crippen LogP contribution is -2.00. The molecule has 0 radical (unpaired) electrons. The molecule has 2 rings (SSSR count). The van der Waals surface area contributed by atoms with Crippen molar-refractivity contribution < 1.29 is 14.8 Å². The lowest BCUT2D eigenvalue weighted by atomic mass is 10.1. The van der Waals surface area contributed by atoms with Crippen molar-refractivity contribution >= 4 is 23.4 Å². The molecule has 1 aromatic heterocycles. The van der Waals surface area contributed by atoms with Crippen LogP contribution in [0.25, 0.3) is 11.4 Å². The van der Waals surface area contributed by atoms with E-state index in [9.17, 15) is 14.9 Å². The highest BCUT2D eigenvalue weighted by Crippen LogP contribution is 2.25. The van der Waals surface area contributed by atoms with Crippen molar-refractivity contribution in [3.63, 3.8) is 0 Å². The molecule has 0 saturated heterocycles. The molecule has 8 nitrogen and oxygen atoms in total. The van der Waals surface area contributed by atoms with Crippen molar-refractivity contribution in [3.05, 3.63) is 33.9 Å². The van der Waals surface area contributed by atoms with Gasteiger partial charge in [0.15, 0.2) is 11.0 Å². The van der Waals surface area contributed by atoms with Crippen molar-refractivity contribution in [1.82, 2.24) is 14.8 Å². The summed E-state index contributed by atoms with van der Waals surface area (Å²) in [5.41, 5.74) is 1.23. The van der Waals surface area contributed by atoms with Gasteiger partial charge in [-0.15, -0.1) is 0 Å². The van der Waals surface area contributed by atoms with Crippen LogP contribution in [0.4, 0.5) is 5.69 Å². The molecular formula is C12H12N4O4S. The normalized spacial score (nSPS) is 10.6. The van der Waals surface area contributed by atoms with Gasteiger partial charge >= 0.3 is 5.97 Å². The maximum Gasteiger partial charge on any atom is 0.313 e. The van der Waals surface area contributed by atoms with Crippen molar-refractivity contribution in [1.29, 1.82) is 0 Å². The van der Waals surface area contributed by atoms with E-state index in [-0.39, 0.29) is 11.4 Å². The Morgan fingerprint density at radius 1 is 1.48 bits per heavy atom. The molecule has 0 atom stereocenters. The first kappa shape index (κ1) is 15.0. The van der Waals surface area contributed by atoms with E-state index in [0.717, 1.165) is 17.3 Å². The van der Waals surface area contributed by atoms with E-state index < -0.39 is 10.9 Å². The SMILES string of the molecule is Cc1cc(-c2nc(SCC(=O)O)n(C)n2)cc([N+](=O)[O-])c1. The summed E-state index contributed by atoms with van der Waals surface area (Å²) in [6.07, 6.45) is 0. The third-order valence-corrected chi connectivity index (χ3v) is 3.58. The Balaban J connectivity index is 2.36. The summed E-state index contributed by atoms with van der Waals surface area (Å²) >= 11 is 1.04. The number of aromatic nitrogens is 3. The fraction of sp³-hybridized carbons (Fsp3) is 0.250. The first-order valence-electron chi connectivity index (χ1n) is 5.89. The van der Waals surface area contributed by atoms with Gasteiger partial charge in [-0.2, -0.15) is 5.10 Å². The molecule has 0 aliphatic rings. The largest absolute Gasteiger partial charge is 0.481 e. The summed E-state index contributed by atoms with van der Waals surface area (Å²) in [6, 6.07) is 4.61. The number of aryl methyl sites for hydroxylation is 2. The molecule has 21 heavy (non-hydrogen) atoms. The number of carbonyl (C=O) groups is 1. The molecule has 0 saturated carbocycles. The van der Waals surface area contributed by atoms with Crippen LogP contribution in [0, 0.1) is 17.0 Å². The van der Waals surface area contributed by atoms with Gasteiger partial charge < -0.3 is 5.11 Å². The molecule has 1 heterocycles. The van der Waals surface area contributed by atoms with Crippen molar-refractivity contribution in [2.45, 2.75) is 12.1 Å². The van der Waals surface area contributed by atoms with E-state index >= 15 is 0 Å². The molecule has 0 spiro atoms. The average Bonchev–Trinajstić information content (AvgIpc) is 2.77. The molecule has 1 N–H and O–H groups in total. The molecule has 0 aliphatic carbocycles. The molecule has 110 valence electrons. The van der Waals surface area contributed by atoms with Crippen LogP contribution < -0.4 is 0 Å². The van der Waals surface area contributed by atoms with Crippen LogP contribution in [-0.4, -0.2) is 36.5 Å². The van der Waals surface area contributed by atoms with E-state index in [4.69, 9.17) is 5.11 Å². The quantitative estimate of drug-likeness (QED) is 0.510. The van der Waals surface area contributed by atoms with Gasteiger partial charge in [-0.3, -0.25) is 14.9 Å². The number of carboxylic acid groups (broad SMARTS) is 1. The maximum atomic E-state index is 10.9. The first-order chi connectivity index (χ1) is 9.86. The molecular weight excluding hydrogens is 296 g/mol. The summed E-state index contributed by atoms with van der Waals surface area (Å²) in [5.74, 6) is -0.743. The summed E-state index contributed by atoms with van der Waals surface area (Å²) < 4.78 is 1.46. The number of aliphatic carboxylic acids is 1. The van der Waals surface area contributed by atoms with E-state index in [2.05, 4.69) is 10.1 Å². The second-order valence-electron chi connectivity index (χ2n) is 4.34. The molecule has 0 amide bonds. The Morgan fingerprint density at radius 2 is 2.19 bits per heavy atom. The van der Waals surface area contributed by atoms with Gasteiger partial charge in [0.1, 0.15) is 0 Å². The zero-order chi connectivity index (χ0) is 15.6. The highest BCUT2D eigenvalue weighted by Gasteiger charge is 2.15. The third kappa shape index (κ3) is 3.57. The smallest absolute Gasteiger partial charge is 0.313 e. The molecule has 0 unspecified atom stereocenters. The Labute approximate surface area is 124 Å². The number of hydrogen-bond acceptors (Lipinski definition) is 6. The van der Waals surface area contributed by atoms with Crippen LogP contribution in [0.5, 0.6) is 0 Å². The predicted octanol–water partition coefficient (Wildman–Crippen LogP) is 1.88. The molecule has 0 aliphatic heterocycles. The Hall–Kier alpha value is -2.42. The fourth-order valence-electron chi connectivity index (χ4n) is 1.74. The second kappa shape index (κ2) is 5.92. The molecule has 2 aromatic rings. The number of carboxylic acids is 1. The number of benzene rings is 1. The van der Waals surface area contributed by atoms with Crippen LogP contribution in [0.15, 0.2) is 23.4 Å². The number of nitro benzene ring substituents is 1. The van der Waals surface area contributed by atoms with Crippen molar-refractivity contribution in [3.8, 4) is 11.4 Å². The van der Waals surface area contributed by atoms with E-state index in [1.807, 2.05) is 0 Å². The Morgan fingerprint density at radius 3 is 2.81 bits per heavy atom. The van der Waals surface area contributed by atoms with Gasteiger partial charge in [-0.25, -0.2) is 9.67 Å². The van der Waals surface area contributed by atoms with Crippen molar-refractivity contribution in [2.24, 2.45) is 7.05 Å². The van der Waals surface area contributed by atoms with Gasteiger partial charge in [0, 0.05) is 24.7 Å². The van der Waals surface area contributed by atoms with E-state index in [1.54, 1.807) is 20.0 Å². The van der Waals surface area contributed by atoms with E-state index in [0.29, 0.717) is 16.5 Å². The van der Waals surface area contributed by atoms with Gasteiger partial charge in [0.2, 0.25) is 0 Å². The Kier molecular flexibility index (Phi) is 4.22.